The lowest BCUT2D eigenvalue weighted by Crippen LogP contribution is -2.05. The summed E-state index contributed by atoms with van der Waals surface area (Å²) in [5.41, 5.74) is 2.07. The van der Waals surface area contributed by atoms with Gasteiger partial charge < -0.3 is 10.6 Å². The molecule has 0 bridgehead atoms. The zero-order valence-corrected chi connectivity index (χ0v) is 12.8. The molecule has 0 saturated heterocycles. The summed E-state index contributed by atoms with van der Waals surface area (Å²) in [6.45, 7) is 6.92. The van der Waals surface area contributed by atoms with Crippen LogP contribution >= 0.6 is 11.6 Å². The fraction of sp³-hybridized carbons (Fsp3) is 0.333. The van der Waals surface area contributed by atoms with Gasteiger partial charge in [-0.3, -0.25) is 0 Å². The molecule has 2 rings (SSSR count). The van der Waals surface area contributed by atoms with Gasteiger partial charge in [0.25, 0.3) is 0 Å². The molecule has 1 heterocycles. The van der Waals surface area contributed by atoms with Crippen LogP contribution in [0.3, 0.4) is 0 Å². The Morgan fingerprint density at radius 1 is 1.10 bits per heavy atom. The molecule has 0 aliphatic rings. The van der Waals surface area contributed by atoms with Crippen molar-refractivity contribution in [2.24, 2.45) is 0 Å². The monoisotopic (exact) mass is 290 g/mol. The van der Waals surface area contributed by atoms with Crippen LogP contribution < -0.4 is 10.6 Å². The minimum Gasteiger partial charge on any atom is -0.370 e. The van der Waals surface area contributed by atoms with Crippen molar-refractivity contribution in [2.45, 2.75) is 27.2 Å². The van der Waals surface area contributed by atoms with Crippen LogP contribution in [-0.4, -0.2) is 16.5 Å². The van der Waals surface area contributed by atoms with Crippen molar-refractivity contribution in [3.63, 3.8) is 0 Å². The normalized spacial score (nSPS) is 10.4. The van der Waals surface area contributed by atoms with E-state index < -0.39 is 0 Å². The van der Waals surface area contributed by atoms with E-state index in [1.54, 1.807) is 0 Å². The third-order valence-corrected chi connectivity index (χ3v) is 3.08. The first-order chi connectivity index (χ1) is 9.58. The second kappa shape index (κ2) is 6.57. The number of halogens is 1. The molecular weight excluding hydrogens is 272 g/mol. The number of hydrogen-bond acceptors (Lipinski definition) is 4. The fourth-order valence-corrected chi connectivity index (χ4v) is 2.11. The quantitative estimate of drug-likeness (QED) is 0.861. The number of nitrogens with zero attached hydrogens (tertiary/aromatic N) is 2. The van der Waals surface area contributed by atoms with E-state index in [0.29, 0.717) is 0 Å². The van der Waals surface area contributed by atoms with Gasteiger partial charge >= 0.3 is 0 Å². The summed E-state index contributed by atoms with van der Waals surface area (Å²) in [5, 5.41) is 7.31. The van der Waals surface area contributed by atoms with Gasteiger partial charge in [-0.15, -0.1) is 0 Å². The molecule has 0 spiro atoms. The molecular formula is C15H19ClN4. The van der Waals surface area contributed by atoms with Crippen LogP contribution in [0, 0.1) is 13.8 Å². The van der Waals surface area contributed by atoms with Crippen LogP contribution in [0.25, 0.3) is 0 Å². The third-order valence-electron chi connectivity index (χ3n) is 2.85. The Labute approximate surface area is 124 Å². The number of aromatic nitrogens is 2. The Hall–Kier alpha value is -1.81. The molecule has 0 aliphatic heterocycles. The molecule has 1 aromatic heterocycles. The zero-order chi connectivity index (χ0) is 14.5. The molecule has 106 valence electrons. The number of aryl methyl sites for hydroxylation is 2. The average Bonchev–Trinajstić information content (AvgIpc) is 2.39. The fourth-order valence-electron chi connectivity index (χ4n) is 1.88. The third kappa shape index (κ3) is 3.84. The zero-order valence-electron chi connectivity index (χ0n) is 12.0. The van der Waals surface area contributed by atoms with Crippen molar-refractivity contribution in [3.8, 4) is 0 Å². The largest absolute Gasteiger partial charge is 0.370 e. The van der Waals surface area contributed by atoms with Crippen molar-refractivity contribution in [3.05, 3.63) is 40.7 Å². The molecule has 0 aliphatic carbocycles. The summed E-state index contributed by atoms with van der Waals surface area (Å²) in [6.07, 6.45) is 1.06. The van der Waals surface area contributed by atoms with Gasteiger partial charge in [0.15, 0.2) is 0 Å². The maximum atomic E-state index is 5.96. The molecule has 0 radical (unpaired) electrons. The molecule has 2 N–H and O–H groups in total. The van der Waals surface area contributed by atoms with Crippen LogP contribution in [0.4, 0.5) is 17.3 Å². The van der Waals surface area contributed by atoms with Gasteiger partial charge in [-0.05, 0) is 44.0 Å². The second-order valence-corrected chi connectivity index (χ2v) is 5.13. The first-order valence-electron chi connectivity index (χ1n) is 6.71. The molecule has 0 atom stereocenters. The smallest absolute Gasteiger partial charge is 0.136 e. The number of rotatable bonds is 5. The summed E-state index contributed by atoms with van der Waals surface area (Å²) in [7, 11) is 0. The highest BCUT2D eigenvalue weighted by atomic mass is 35.5. The van der Waals surface area contributed by atoms with Crippen LogP contribution in [0.15, 0.2) is 24.3 Å². The topological polar surface area (TPSA) is 49.8 Å². The maximum Gasteiger partial charge on any atom is 0.136 e. The maximum absolute atomic E-state index is 5.96. The van der Waals surface area contributed by atoms with Gasteiger partial charge in [0, 0.05) is 23.3 Å². The lowest BCUT2D eigenvalue weighted by atomic mass is 10.2. The summed E-state index contributed by atoms with van der Waals surface area (Å²) < 4.78 is 0. The van der Waals surface area contributed by atoms with E-state index in [9.17, 15) is 0 Å². The van der Waals surface area contributed by atoms with Crippen molar-refractivity contribution < 1.29 is 0 Å². The summed E-state index contributed by atoms with van der Waals surface area (Å²) in [4.78, 5) is 8.77. The highest BCUT2D eigenvalue weighted by Gasteiger charge is 2.04. The van der Waals surface area contributed by atoms with Gasteiger partial charge in [-0.1, -0.05) is 18.5 Å². The number of anilines is 3. The van der Waals surface area contributed by atoms with Crippen LogP contribution in [0.5, 0.6) is 0 Å². The van der Waals surface area contributed by atoms with Crippen LogP contribution in [-0.2, 0) is 0 Å². The number of hydrogen-bond donors (Lipinski definition) is 2. The van der Waals surface area contributed by atoms with E-state index in [2.05, 4.69) is 27.5 Å². The van der Waals surface area contributed by atoms with Crippen LogP contribution in [0.1, 0.15) is 24.7 Å². The Morgan fingerprint density at radius 2 is 1.85 bits per heavy atom. The number of benzene rings is 1. The van der Waals surface area contributed by atoms with E-state index in [1.807, 2.05) is 38.1 Å². The minimum atomic E-state index is 0.734. The lowest BCUT2D eigenvalue weighted by molar-refractivity contribution is 0.955. The predicted molar refractivity (Wildman–Crippen MR) is 85.0 cm³/mol. The standard InChI is InChI=1S/C15H19ClN4/c1-4-7-17-14-9-15(19-11(3)18-14)20-13-6-5-12(16)8-10(13)2/h5-6,8-9H,4,7H2,1-3H3,(H2,17,18,19,20). The minimum absolute atomic E-state index is 0.734. The van der Waals surface area contributed by atoms with E-state index in [4.69, 9.17) is 11.6 Å². The molecule has 4 nitrogen and oxygen atoms in total. The molecule has 2 aromatic rings. The Kier molecular flexibility index (Phi) is 4.79. The SMILES string of the molecule is CCCNc1cc(Nc2ccc(Cl)cc2C)nc(C)n1. The average molecular weight is 291 g/mol. The second-order valence-electron chi connectivity index (χ2n) is 4.70. The van der Waals surface area contributed by atoms with Gasteiger partial charge in [-0.2, -0.15) is 0 Å². The van der Waals surface area contributed by atoms with Gasteiger partial charge in [-0.25, -0.2) is 9.97 Å². The first kappa shape index (κ1) is 14.6. The predicted octanol–water partition coefficient (Wildman–Crippen LogP) is 4.31. The Bertz CT molecular complexity index is 598. The summed E-state index contributed by atoms with van der Waals surface area (Å²) in [5.74, 6) is 2.36. The molecule has 5 heteroatoms. The van der Waals surface area contributed by atoms with E-state index >= 15 is 0 Å². The lowest BCUT2D eigenvalue weighted by Gasteiger charge is -2.11. The summed E-state index contributed by atoms with van der Waals surface area (Å²) in [6, 6.07) is 7.65. The highest BCUT2D eigenvalue weighted by molar-refractivity contribution is 6.30. The van der Waals surface area contributed by atoms with E-state index in [0.717, 1.165) is 46.7 Å². The number of nitrogens with one attached hydrogen (secondary N) is 2. The first-order valence-corrected chi connectivity index (χ1v) is 7.09. The van der Waals surface area contributed by atoms with Gasteiger partial charge in [0.1, 0.15) is 17.5 Å². The van der Waals surface area contributed by atoms with Crippen molar-refractivity contribution in [2.75, 3.05) is 17.2 Å². The van der Waals surface area contributed by atoms with Crippen molar-refractivity contribution >= 4 is 28.9 Å². The Balaban J connectivity index is 2.21. The Morgan fingerprint density at radius 3 is 2.55 bits per heavy atom. The molecule has 1 aromatic carbocycles. The molecule has 20 heavy (non-hydrogen) atoms. The van der Waals surface area contributed by atoms with E-state index in [1.165, 1.54) is 0 Å². The molecule has 0 unspecified atom stereocenters. The van der Waals surface area contributed by atoms with Crippen LogP contribution in [0.2, 0.25) is 5.02 Å². The van der Waals surface area contributed by atoms with Gasteiger partial charge in [0.05, 0.1) is 0 Å². The molecule has 0 amide bonds. The van der Waals surface area contributed by atoms with E-state index in [-0.39, 0.29) is 0 Å². The molecule has 0 saturated carbocycles. The summed E-state index contributed by atoms with van der Waals surface area (Å²) >= 11 is 5.96. The highest BCUT2D eigenvalue weighted by Crippen LogP contribution is 2.23. The van der Waals surface area contributed by atoms with Crippen molar-refractivity contribution in [1.29, 1.82) is 0 Å². The van der Waals surface area contributed by atoms with Gasteiger partial charge in [0.2, 0.25) is 0 Å². The molecule has 0 fully saturated rings. The van der Waals surface area contributed by atoms with Crippen molar-refractivity contribution in [1.82, 2.24) is 9.97 Å².